The summed E-state index contributed by atoms with van der Waals surface area (Å²) in [5.41, 5.74) is 21.0. The number of allylic oxidation sites excluding steroid dienone is 2. The molecule has 221 valence electrons. The van der Waals surface area contributed by atoms with Gasteiger partial charge in [-0.05, 0) is 0 Å². The van der Waals surface area contributed by atoms with E-state index in [0.29, 0.717) is 0 Å². The fraction of sp³-hybridized carbons (Fsp3) is 0.300. The summed E-state index contributed by atoms with van der Waals surface area (Å²) in [5.74, 6) is 0. The number of fused-ring (bicyclic) bond motifs is 2. The molecule has 2 atom stereocenters. The van der Waals surface area contributed by atoms with E-state index in [2.05, 4.69) is 135 Å². The van der Waals surface area contributed by atoms with Gasteiger partial charge in [-0.25, -0.2) is 0 Å². The number of halogens is 2. The molecular formula is C40H43Cl2Zr. The molecule has 6 rings (SSSR count). The third-order valence-corrected chi connectivity index (χ3v) is 32.0. The average molecular weight is 686 g/mol. The normalized spacial score (nSPS) is 18.5. The van der Waals surface area contributed by atoms with Crippen LogP contribution in [0.5, 0.6) is 0 Å². The predicted octanol–water partition coefficient (Wildman–Crippen LogP) is 12.9. The van der Waals surface area contributed by atoms with Gasteiger partial charge in [0.2, 0.25) is 0 Å². The molecule has 0 spiro atoms. The van der Waals surface area contributed by atoms with Crippen LogP contribution in [0.25, 0.3) is 34.4 Å². The zero-order chi connectivity index (χ0) is 31.0. The molecule has 4 aromatic rings. The van der Waals surface area contributed by atoms with Crippen LogP contribution in [0.2, 0.25) is 4.13 Å². The van der Waals surface area contributed by atoms with Gasteiger partial charge in [0.05, 0.1) is 0 Å². The molecule has 0 saturated heterocycles. The van der Waals surface area contributed by atoms with Gasteiger partial charge in [0.15, 0.2) is 0 Å². The van der Waals surface area contributed by atoms with Crippen molar-refractivity contribution in [3.8, 4) is 22.3 Å². The van der Waals surface area contributed by atoms with Gasteiger partial charge in [-0.15, -0.1) is 0 Å². The van der Waals surface area contributed by atoms with Gasteiger partial charge < -0.3 is 0 Å². The van der Waals surface area contributed by atoms with E-state index in [1.165, 1.54) is 89.0 Å². The molecule has 0 saturated carbocycles. The quantitative estimate of drug-likeness (QED) is 0.196. The Morgan fingerprint density at radius 1 is 0.512 bits per heavy atom. The molecule has 0 amide bonds. The van der Waals surface area contributed by atoms with Crippen molar-refractivity contribution in [1.29, 1.82) is 0 Å². The van der Waals surface area contributed by atoms with Crippen LogP contribution in [0.15, 0.2) is 71.8 Å². The first-order chi connectivity index (χ1) is 20.3. The summed E-state index contributed by atoms with van der Waals surface area (Å²) in [6.07, 6.45) is 4.82. The Kier molecular flexibility index (Phi) is 7.69. The van der Waals surface area contributed by atoms with Gasteiger partial charge in [-0.1, -0.05) is 0 Å². The molecule has 0 fully saturated rings. The van der Waals surface area contributed by atoms with Crippen molar-refractivity contribution in [3.05, 3.63) is 127 Å². The monoisotopic (exact) mass is 683 g/mol. The van der Waals surface area contributed by atoms with Crippen molar-refractivity contribution < 1.29 is 16.4 Å². The molecule has 0 aromatic heterocycles. The Morgan fingerprint density at radius 2 is 0.907 bits per heavy atom. The van der Waals surface area contributed by atoms with Gasteiger partial charge in [-0.2, -0.15) is 0 Å². The molecule has 4 aromatic carbocycles. The zero-order valence-corrected chi connectivity index (χ0v) is 31.0. The molecule has 2 unspecified atom stereocenters. The molecule has 0 N–H and O–H groups in total. The molecular weight excluding hydrogens is 643 g/mol. The van der Waals surface area contributed by atoms with E-state index in [0.717, 1.165) is 4.13 Å². The first-order valence-electron chi connectivity index (χ1n) is 15.6. The van der Waals surface area contributed by atoms with Crippen LogP contribution in [0.1, 0.15) is 83.7 Å². The summed E-state index contributed by atoms with van der Waals surface area (Å²) in [7, 11) is 16.8. The van der Waals surface area contributed by atoms with E-state index in [-0.39, 0.29) is 7.25 Å². The van der Waals surface area contributed by atoms with E-state index in [9.17, 15) is 0 Å². The summed E-state index contributed by atoms with van der Waals surface area (Å²) in [5, 5.41) is 0. The summed E-state index contributed by atoms with van der Waals surface area (Å²) >= 11 is -4.79. The Morgan fingerprint density at radius 3 is 1.28 bits per heavy atom. The third kappa shape index (κ3) is 4.56. The van der Waals surface area contributed by atoms with Crippen molar-refractivity contribution in [2.24, 2.45) is 0 Å². The van der Waals surface area contributed by atoms with Crippen molar-refractivity contribution in [2.45, 2.75) is 73.7 Å². The molecule has 43 heavy (non-hydrogen) atoms. The van der Waals surface area contributed by atoms with Gasteiger partial charge >= 0.3 is 269 Å². The van der Waals surface area contributed by atoms with Crippen LogP contribution >= 0.6 is 17.0 Å². The molecule has 2 aliphatic carbocycles. The van der Waals surface area contributed by atoms with Crippen LogP contribution in [0.4, 0.5) is 0 Å². The molecule has 3 heteroatoms. The minimum atomic E-state index is -4.79. The maximum atomic E-state index is 8.38. The van der Waals surface area contributed by atoms with Crippen molar-refractivity contribution in [2.75, 3.05) is 0 Å². The summed E-state index contributed by atoms with van der Waals surface area (Å²) in [6.45, 7) is 20.2. The van der Waals surface area contributed by atoms with Crippen LogP contribution in [-0.4, -0.2) is 0 Å². The SMILES string of the molecule is C[CH2][Zr]([Cl])([Cl])([CH]1C(C)=Cc2c(-c3cccc(C)c3C)ccc(C)c21)[CH]1C(C)=Cc2c(-c3cccc(C)c3C)ccc(C)c21. The summed E-state index contributed by atoms with van der Waals surface area (Å²) < 4.78 is 0.922. The first kappa shape index (κ1) is 30.8. The minimum absolute atomic E-state index is 0.0536. The molecule has 0 aliphatic heterocycles. The molecule has 2 aliphatic rings. The van der Waals surface area contributed by atoms with E-state index in [1.54, 1.807) is 0 Å². The second-order valence-corrected chi connectivity index (χ2v) is 36.3. The van der Waals surface area contributed by atoms with E-state index < -0.39 is 16.4 Å². The predicted molar refractivity (Wildman–Crippen MR) is 187 cm³/mol. The molecule has 0 nitrogen and oxygen atoms in total. The van der Waals surface area contributed by atoms with Crippen molar-refractivity contribution in [3.63, 3.8) is 0 Å². The molecule has 0 radical (unpaired) electrons. The van der Waals surface area contributed by atoms with E-state index >= 15 is 0 Å². The number of aryl methyl sites for hydroxylation is 4. The van der Waals surface area contributed by atoms with Crippen LogP contribution in [0.3, 0.4) is 0 Å². The van der Waals surface area contributed by atoms with E-state index in [4.69, 9.17) is 17.0 Å². The van der Waals surface area contributed by atoms with Crippen molar-refractivity contribution >= 4 is 29.2 Å². The number of hydrogen-bond acceptors (Lipinski definition) is 0. The fourth-order valence-corrected chi connectivity index (χ4v) is 27.5. The summed E-state index contributed by atoms with van der Waals surface area (Å²) in [6, 6.07) is 22.5. The molecule has 0 bridgehead atoms. The van der Waals surface area contributed by atoms with Gasteiger partial charge in [0.25, 0.3) is 0 Å². The Labute approximate surface area is 267 Å². The number of benzene rings is 4. The maximum absolute atomic E-state index is 8.38. The number of rotatable bonds is 5. The van der Waals surface area contributed by atoms with Gasteiger partial charge in [0.1, 0.15) is 0 Å². The molecule has 0 heterocycles. The Bertz CT molecular complexity index is 1750. The second-order valence-electron chi connectivity index (χ2n) is 13.4. The summed E-state index contributed by atoms with van der Waals surface area (Å²) in [4.78, 5) is 0. The van der Waals surface area contributed by atoms with Gasteiger partial charge in [-0.3, -0.25) is 0 Å². The fourth-order valence-electron chi connectivity index (χ4n) is 8.29. The Balaban J connectivity index is 1.59. The topological polar surface area (TPSA) is 0 Å². The standard InChI is InChI=1S/2C19H19.C2H5.2ClH.Zr/c2*1-12-10-18-14(3)8-9-17(19(18)11-12)16-7-5-6-13(2)15(16)4;1-2;;;/h2*5-11H,1-4H3;1H2,2H3;2*1H;/q;;;;;+2/p-2. The van der Waals surface area contributed by atoms with Crippen LogP contribution < -0.4 is 0 Å². The van der Waals surface area contributed by atoms with Crippen LogP contribution in [0, 0.1) is 41.5 Å². The van der Waals surface area contributed by atoms with Crippen LogP contribution in [-0.2, 0) is 16.4 Å². The zero-order valence-electron chi connectivity index (χ0n) is 27.0. The van der Waals surface area contributed by atoms with Crippen molar-refractivity contribution in [1.82, 2.24) is 0 Å². The second kappa shape index (κ2) is 10.7. The number of hydrogen-bond donors (Lipinski definition) is 0. The van der Waals surface area contributed by atoms with E-state index in [1.807, 2.05) is 0 Å². The first-order valence-corrected chi connectivity index (χ1v) is 26.5. The Hall–Kier alpha value is -2.18. The average Bonchev–Trinajstić information content (AvgIpc) is 3.52. The van der Waals surface area contributed by atoms with Gasteiger partial charge in [0, 0.05) is 0 Å². The third-order valence-electron chi connectivity index (χ3n) is 10.9.